The van der Waals surface area contributed by atoms with Gasteiger partial charge in [-0.3, -0.25) is 9.48 Å². The lowest BCUT2D eigenvalue weighted by Gasteiger charge is -2.08. The third-order valence-corrected chi connectivity index (χ3v) is 2.63. The Morgan fingerprint density at radius 2 is 2.28 bits per heavy atom. The van der Waals surface area contributed by atoms with Gasteiger partial charge in [0, 0.05) is 19.3 Å². The Kier molecular flexibility index (Phi) is 5.57. The first-order valence-corrected chi connectivity index (χ1v) is 6.41. The second-order valence-electron chi connectivity index (χ2n) is 3.85. The van der Waals surface area contributed by atoms with E-state index < -0.39 is 5.91 Å². The van der Waals surface area contributed by atoms with Gasteiger partial charge in [0.2, 0.25) is 0 Å². The molecular weight excluding hydrogens is 250 g/mol. The van der Waals surface area contributed by atoms with E-state index in [0.717, 1.165) is 19.4 Å². The number of amides is 1. The van der Waals surface area contributed by atoms with Crippen LogP contribution < -0.4 is 16.4 Å². The SMILES string of the molecule is CCCCNC(=S)Nc1cn(CC)nc1C(N)=O. The minimum absolute atomic E-state index is 0.205. The van der Waals surface area contributed by atoms with Crippen molar-refractivity contribution in [2.75, 3.05) is 11.9 Å². The number of aryl methyl sites for hydroxylation is 1. The van der Waals surface area contributed by atoms with Crippen molar-refractivity contribution < 1.29 is 4.79 Å². The van der Waals surface area contributed by atoms with Crippen molar-refractivity contribution in [1.82, 2.24) is 15.1 Å². The lowest BCUT2D eigenvalue weighted by Crippen LogP contribution is -2.30. The summed E-state index contributed by atoms with van der Waals surface area (Å²) in [6, 6.07) is 0. The number of nitrogens with two attached hydrogens (primary N) is 1. The number of nitrogens with zero attached hydrogens (tertiary/aromatic N) is 2. The molecule has 1 amide bonds. The molecule has 1 aromatic rings. The third-order valence-electron chi connectivity index (χ3n) is 2.38. The lowest BCUT2D eigenvalue weighted by atomic mass is 10.3. The van der Waals surface area contributed by atoms with Crippen molar-refractivity contribution in [3.8, 4) is 0 Å². The minimum Gasteiger partial charge on any atom is -0.364 e. The fraction of sp³-hybridized carbons (Fsp3) is 0.545. The summed E-state index contributed by atoms with van der Waals surface area (Å²) in [6.45, 7) is 5.50. The van der Waals surface area contributed by atoms with Crippen LogP contribution in [0.1, 0.15) is 37.2 Å². The summed E-state index contributed by atoms with van der Waals surface area (Å²) >= 11 is 5.13. The maximum absolute atomic E-state index is 11.2. The molecule has 0 aliphatic carbocycles. The number of nitrogens with one attached hydrogen (secondary N) is 2. The largest absolute Gasteiger partial charge is 0.364 e. The summed E-state index contributed by atoms with van der Waals surface area (Å²) in [6.07, 6.45) is 3.85. The molecule has 1 rings (SSSR count). The molecule has 0 aromatic carbocycles. The van der Waals surface area contributed by atoms with Gasteiger partial charge in [-0.2, -0.15) is 5.10 Å². The first kappa shape index (κ1) is 14.4. The standard InChI is InChI=1S/C11H19N5OS/c1-3-5-6-13-11(18)14-8-7-16(4-2)15-9(8)10(12)17/h7H,3-6H2,1-2H3,(H2,12,17)(H2,13,14,18). The molecule has 0 bridgehead atoms. The van der Waals surface area contributed by atoms with Crippen molar-refractivity contribution in [2.45, 2.75) is 33.2 Å². The number of unbranched alkanes of at least 4 members (excludes halogenated alkanes) is 1. The molecule has 18 heavy (non-hydrogen) atoms. The van der Waals surface area contributed by atoms with E-state index in [0.29, 0.717) is 17.3 Å². The van der Waals surface area contributed by atoms with Gasteiger partial charge in [-0.25, -0.2) is 0 Å². The fourth-order valence-electron chi connectivity index (χ4n) is 1.40. The molecule has 1 aromatic heterocycles. The number of hydrogen-bond donors (Lipinski definition) is 3. The van der Waals surface area contributed by atoms with Crippen molar-refractivity contribution in [3.05, 3.63) is 11.9 Å². The third kappa shape index (κ3) is 3.99. The van der Waals surface area contributed by atoms with Crippen LogP contribution in [0.25, 0.3) is 0 Å². The molecule has 0 saturated heterocycles. The number of carbonyl (C=O) groups is 1. The van der Waals surface area contributed by atoms with Crippen LogP contribution in [-0.2, 0) is 6.54 Å². The summed E-state index contributed by atoms with van der Waals surface area (Å²) in [4.78, 5) is 11.2. The molecule has 100 valence electrons. The van der Waals surface area contributed by atoms with Crippen LogP contribution in [0.2, 0.25) is 0 Å². The van der Waals surface area contributed by atoms with E-state index >= 15 is 0 Å². The zero-order valence-corrected chi connectivity index (χ0v) is 11.5. The van der Waals surface area contributed by atoms with Gasteiger partial charge in [-0.15, -0.1) is 0 Å². The van der Waals surface area contributed by atoms with E-state index in [1.54, 1.807) is 10.9 Å². The summed E-state index contributed by atoms with van der Waals surface area (Å²) in [5.74, 6) is -0.568. The number of carbonyl (C=O) groups excluding carboxylic acids is 1. The number of hydrogen-bond acceptors (Lipinski definition) is 3. The first-order chi connectivity index (χ1) is 8.58. The molecule has 0 aliphatic rings. The van der Waals surface area contributed by atoms with E-state index in [2.05, 4.69) is 22.7 Å². The normalized spacial score (nSPS) is 10.1. The second kappa shape index (κ2) is 6.95. The van der Waals surface area contributed by atoms with Gasteiger partial charge in [-0.1, -0.05) is 13.3 Å². The zero-order chi connectivity index (χ0) is 13.5. The highest BCUT2D eigenvalue weighted by Crippen LogP contribution is 2.12. The molecule has 0 unspecified atom stereocenters. The lowest BCUT2D eigenvalue weighted by molar-refractivity contribution is 0.0995. The predicted molar refractivity (Wildman–Crippen MR) is 75.6 cm³/mol. The topological polar surface area (TPSA) is 85.0 Å². The highest BCUT2D eigenvalue weighted by molar-refractivity contribution is 7.80. The number of primary amides is 1. The number of rotatable bonds is 6. The predicted octanol–water partition coefficient (Wildman–Crippen LogP) is 1.09. The highest BCUT2D eigenvalue weighted by Gasteiger charge is 2.14. The second-order valence-corrected chi connectivity index (χ2v) is 4.25. The Hall–Kier alpha value is -1.63. The first-order valence-electron chi connectivity index (χ1n) is 6.00. The van der Waals surface area contributed by atoms with Gasteiger partial charge in [0.05, 0.1) is 5.69 Å². The summed E-state index contributed by atoms with van der Waals surface area (Å²) in [5, 5.41) is 10.5. The van der Waals surface area contributed by atoms with Gasteiger partial charge in [0.25, 0.3) is 5.91 Å². The molecule has 7 heteroatoms. The van der Waals surface area contributed by atoms with Crippen LogP contribution in [0.4, 0.5) is 5.69 Å². The van der Waals surface area contributed by atoms with E-state index in [1.165, 1.54) is 0 Å². The summed E-state index contributed by atoms with van der Waals surface area (Å²) in [7, 11) is 0. The van der Waals surface area contributed by atoms with Gasteiger partial charge in [-0.05, 0) is 25.6 Å². The number of anilines is 1. The Morgan fingerprint density at radius 1 is 1.56 bits per heavy atom. The van der Waals surface area contributed by atoms with Gasteiger partial charge >= 0.3 is 0 Å². The Balaban J connectivity index is 2.67. The molecular formula is C11H19N5OS. The summed E-state index contributed by atoms with van der Waals surface area (Å²) in [5.41, 5.74) is 6.01. The molecule has 0 saturated carbocycles. The molecule has 0 atom stereocenters. The molecule has 0 fully saturated rings. The van der Waals surface area contributed by atoms with Crippen LogP contribution in [0.3, 0.4) is 0 Å². The number of thiocarbonyl (C=S) groups is 1. The van der Waals surface area contributed by atoms with Crippen LogP contribution >= 0.6 is 12.2 Å². The van der Waals surface area contributed by atoms with Crippen LogP contribution in [-0.4, -0.2) is 27.3 Å². The van der Waals surface area contributed by atoms with Gasteiger partial charge < -0.3 is 16.4 Å². The molecule has 1 heterocycles. The highest BCUT2D eigenvalue weighted by atomic mass is 32.1. The van der Waals surface area contributed by atoms with Crippen LogP contribution in [0.15, 0.2) is 6.20 Å². The monoisotopic (exact) mass is 269 g/mol. The van der Waals surface area contributed by atoms with Crippen molar-refractivity contribution in [2.24, 2.45) is 5.73 Å². The van der Waals surface area contributed by atoms with Gasteiger partial charge in [0.15, 0.2) is 10.8 Å². The number of aromatic nitrogens is 2. The van der Waals surface area contributed by atoms with Gasteiger partial charge in [0.1, 0.15) is 0 Å². The zero-order valence-electron chi connectivity index (χ0n) is 10.7. The van der Waals surface area contributed by atoms with Crippen LogP contribution in [0, 0.1) is 0 Å². The molecule has 4 N–H and O–H groups in total. The van der Waals surface area contributed by atoms with Crippen molar-refractivity contribution in [1.29, 1.82) is 0 Å². The van der Waals surface area contributed by atoms with E-state index in [-0.39, 0.29) is 5.69 Å². The quantitative estimate of drug-likeness (QED) is 0.532. The molecule has 0 radical (unpaired) electrons. The molecule has 6 nitrogen and oxygen atoms in total. The average molecular weight is 269 g/mol. The summed E-state index contributed by atoms with van der Waals surface area (Å²) < 4.78 is 1.64. The van der Waals surface area contributed by atoms with Crippen molar-refractivity contribution in [3.63, 3.8) is 0 Å². The van der Waals surface area contributed by atoms with Crippen molar-refractivity contribution >= 4 is 28.9 Å². The fourth-order valence-corrected chi connectivity index (χ4v) is 1.61. The maximum Gasteiger partial charge on any atom is 0.271 e. The Morgan fingerprint density at radius 3 is 2.83 bits per heavy atom. The van der Waals surface area contributed by atoms with E-state index in [1.807, 2.05) is 6.92 Å². The van der Waals surface area contributed by atoms with E-state index in [9.17, 15) is 4.79 Å². The van der Waals surface area contributed by atoms with Crippen LogP contribution in [0.5, 0.6) is 0 Å². The Bertz CT molecular complexity index is 429. The molecule has 0 spiro atoms. The average Bonchev–Trinajstić information content (AvgIpc) is 2.72. The van der Waals surface area contributed by atoms with E-state index in [4.69, 9.17) is 18.0 Å². The smallest absolute Gasteiger partial charge is 0.271 e. The minimum atomic E-state index is -0.568. The Labute approximate surface area is 112 Å². The molecule has 0 aliphatic heterocycles. The maximum atomic E-state index is 11.2.